The molecule has 5 heterocycles. The van der Waals surface area contributed by atoms with Crippen LogP contribution in [-0.2, 0) is 5.54 Å². The molecule has 5 rings (SSSR count). The maximum absolute atomic E-state index is 13.3. The van der Waals surface area contributed by atoms with Crippen LogP contribution in [0.3, 0.4) is 0 Å². The number of carbonyl (C=O) groups excluding carboxylic acids is 2. The fraction of sp³-hybridized carbons (Fsp3) is 0.263. The molecular formula is C19H16FN5O2S. The van der Waals surface area contributed by atoms with Gasteiger partial charge >= 0.3 is 0 Å². The highest BCUT2D eigenvalue weighted by Crippen LogP contribution is 2.45. The lowest BCUT2D eigenvalue weighted by molar-refractivity contribution is 0.0143. The van der Waals surface area contributed by atoms with E-state index in [1.807, 2.05) is 28.6 Å². The summed E-state index contributed by atoms with van der Waals surface area (Å²) in [6.45, 7) is 1.15. The summed E-state index contributed by atoms with van der Waals surface area (Å²) in [7, 11) is 0. The van der Waals surface area contributed by atoms with Crippen molar-refractivity contribution < 1.29 is 14.0 Å². The standard InChI is InChI=1S/C19H16FN5O2S/c20-15-8-12(3-4-21-15)17(26)23-13-9-19(25-6-5-22-16(13)25)10-24(11-19)18(27)14-2-1-7-28-14/h1-8,13H,9-11H2,(H,23,26). The second-order valence-corrected chi connectivity index (χ2v) is 8.06. The summed E-state index contributed by atoms with van der Waals surface area (Å²) in [6, 6.07) is 5.98. The van der Waals surface area contributed by atoms with Gasteiger partial charge in [0.05, 0.1) is 16.5 Å². The number of imidazole rings is 1. The average molecular weight is 397 g/mol. The van der Waals surface area contributed by atoms with E-state index in [2.05, 4.69) is 19.9 Å². The minimum absolute atomic E-state index is 0.0297. The lowest BCUT2D eigenvalue weighted by Gasteiger charge is -2.48. The molecule has 2 amide bonds. The monoisotopic (exact) mass is 397 g/mol. The molecule has 1 spiro atoms. The van der Waals surface area contributed by atoms with Gasteiger partial charge in [-0.05, 0) is 17.5 Å². The van der Waals surface area contributed by atoms with Crippen molar-refractivity contribution in [3.05, 3.63) is 70.4 Å². The van der Waals surface area contributed by atoms with Crippen molar-refractivity contribution in [2.75, 3.05) is 13.1 Å². The van der Waals surface area contributed by atoms with Crippen molar-refractivity contribution >= 4 is 23.2 Å². The van der Waals surface area contributed by atoms with E-state index in [-0.39, 0.29) is 29.0 Å². The molecule has 1 fully saturated rings. The first-order valence-electron chi connectivity index (χ1n) is 8.85. The van der Waals surface area contributed by atoms with Gasteiger partial charge in [-0.2, -0.15) is 4.39 Å². The lowest BCUT2D eigenvalue weighted by Crippen LogP contribution is -2.62. The van der Waals surface area contributed by atoms with Crippen molar-refractivity contribution in [2.45, 2.75) is 18.0 Å². The van der Waals surface area contributed by atoms with E-state index in [1.165, 1.54) is 23.6 Å². The van der Waals surface area contributed by atoms with Crippen LogP contribution in [0.15, 0.2) is 48.2 Å². The van der Waals surface area contributed by atoms with E-state index in [0.29, 0.717) is 19.5 Å². The number of rotatable bonds is 3. The summed E-state index contributed by atoms with van der Waals surface area (Å²) < 4.78 is 15.4. The minimum atomic E-state index is -0.696. The van der Waals surface area contributed by atoms with Gasteiger partial charge in [0.2, 0.25) is 5.95 Å². The Kier molecular flexibility index (Phi) is 3.80. The predicted molar refractivity (Wildman–Crippen MR) is 99.4 cm³/mol. The number of amides is 2. The topological polar surface area (TPSA) is 80.1 Å². The van der Waals surface area contributed by atoms with Crippen LogP contribution in [0, 0.1) is 5.95 Å². The smallest absolute Gasteiger partial charge is 0.264 e. The summed E-state index contributed by atoms with van der Waals surface area (Å²) >= 11 is 1.43. The van der Waals surface area contributed by atoms with Crippen LogP contribution in [0.2, 0.25) is 0 Å². The van der Waals surface area contributed by atoms with Crippen LogP contribution in [0.25, 0.3) is 0 Å². The van der Waals surface area contributed by atoms with Gasteiger partial charge in [-0.3, -0.25) is 9.59 Å². The van der Waals surface area contributed by atoms with Crippen molar-refractivity contribution in [3.63, 3.8) is 0 Å². The van der Waals surface area contributed by atoms with Crippen LogP contribution in [0.5, 0.6) is 0 Å². The molecule has 28 heavy (non-hydrogen) atoms. The Labute approximate surface area is 163 Å². The fourth-order valence-corrected chi connectivity index (χ4v) is 4.78. The minimum Gasteiger partial charge on any atom is -0.342 e. The van der Waals surface area contributed by atoms with Gasteiger partial charge in [-0.1, -0.05) is 6.07 Å². The molecule has 1 unspecified atom stereocenters. The van der Waals surface area contributed by atoms with Crippen LogP contribution in [0.1, 0.15) is 38.3 Å². The van der Waals surface area contributed by atoms with Gasteiger partial charge in [0, 0.05) is 49.7 Å². The zero-order valence-electron chi connectivity index (χ0n) is 14.7. The molecule has 0 radical (unpaired) electrons. The van der Waals surface area contributed by atoms with Crippen LogP contribution >= 0.6 is 11.3 Å². The number of hydrogen-bond acceptors (Lipinski definition) is 5. The number of thiophene rings is 1. The Balaban J connectivity index is 1.33. The Morgan fingerprint density at radius 3 is 2.86 bits per heavy atom. The Bertz CT molecular complexity index is 1060. The molecule has 2 aliphatic heterocycles. The van der Waals surface area contributed by atoms with E-state index in [0.717, 1.165) is 16.8 Å². The first kappa shape index (κ1) is 17.1. The molecule has 2 aliphatic rings. The van der Waals surface area contributed by atoms with Gasteiger partial charge in [-0.25, -0.2) is 9.97 Å². The number of pyridine rings is 1. The maximum Gasteiger partial charge on any atom is 0.264 e. The second-order valence-electron chi connectivity index (χ2n) is 7.12. The summed E-state index contributed by atoms with van der Waals surface area (Å²) in [5, 5.41) is 4.83. The Hall–Kier alpha value is -3.07. The van der Waals surface area contributed by atoms with E-state index >= 15 is 0 Å². The highest BCUT2D eigenvalue weighted by Gasteiger charge is 2.53. The van der Waals surface area contributed by atoms with E-state index in [9.17, 15) is 14.0 Å². The first-order chi connectivity index (χ1) is 13.6. The fourth-order valence-electron chi connectivity index (χ4n) is 4.09. The Morgan fingerprint density at radius 2 is 2.11 bits per heavy atom. The summed E-state index contributed by atoms with van der Waals surface area (Å²) in [4.78, 5) is 35.5. The van der Waals surface area contributed by atoms with Crippen molar-refractivity contribution in [2.24, 2.45) is 0 Å². The predicted octanol–water partition coefficient (Wildman–Crippen LogP) is 2.20. The number of fused-ring (bicyclic) bond motifs is 2. The number of nitrogens with zero attached hydrogens (tertiary/aromatic N) is 4. The lowest BCUT2D eigenvalue weighted by atomic mass is 9.86. The molecule has 7 nitrogen and oxygen atoms in total. The molecule has 0 aliphatic carbocycles. The molecule has 1 N–H and O–H groups in total. The van der Waals surface area contributed by atoms with Crippen molar-refractivity contribution in [1.29, 1.82) is 0 Å². The summed E-state index contributed by atoms with van der Waals surface area (Å²) in [6.07, 6.45) is 5.50. The van der Waals surface area contributed by atoms with Crippen molar-refractivity contribution in [3.8, 4) is 0 Å². The van der Waals surface area contributed by atoms with Crippen molar-refractivity contribution in [1.82, 2.24) is 24.8 Å². The molecule has 3 aromatic heterocycles. The van der Waals surface area contributed by atoms with Crippen LogP contribution < -0.4 is 5.32 Å². The number of halogens is 1. The number of aromatic nitrogens is 3. The normalized spacial score (nSPS) is 19.3. The number of nitrogens with one attached hydrogen (secondary N) is 1. The maximum atomic E-state index is 13.3. The van der Waals surface area contributed by atoms with Crippen LogP contribution in [0.4, 0.5) is 4.39 Å². The molecule has 0 bridgehead atoms. The summed E-state index contributed by atoms with van der Waals surface area (Å²) in [5.41, 5.74) is -0.0464. The third-order valence-corrected chi connectivity index (χ3v) is 6.22. The molecule has 0 saturated carbocycles. The van der Waals surface area contributed by atoms with Gasteiger partial charge < -0.3 is 14.8 Å². The largest absolute Gasteiger partial charge is 0.342 e. The third-order valence-electron chi connectivity index (χ3n) is 5.36. The number of carbonyl (C=O) groups is 2. The third kappa shape index (κ3) is 2.62. The quantitative estimate of drug-likeness (QED) is 0.687. The highest BCUT2D eigenvalue weighted by atomic mass is 32.1. The number of hydrogen-bond donors (Lipinski definition) is 1. The summed E-state index contributed by atoms with van der Waals surface area (Å²) in [5.74, 6) is -0.282. The van der Waals surface area contributed by atoms with E-state index in [4.69, 9.17) is 0 Å². The van der Waals surface area contributed by atoms with Crippen LogP contribution in [-0.4, -0.2) is 44.3 Å². The molecule has 142 valence electrons. The zero-order valence-corrected chi connectivity index (χ0v) is 15.5. The average Bonchev–Trinajstić information content (AvgIpc) is 3.38. The molecular weight excluding hydrogens is 381 g/mol. The van der Waals surface area contributed by atoms with Gasteiger partial charge in [0.1, 0.15) is 5.82 Å². The molecule has 1 atom stereocenters. The number of likely N-dealkylation sites (tertiary alicyclic amines) is 1. The first-order valence-corrected chi connectivity index (χ1v) is 9.73. The van der Waals surface area contributed by atoms with Gasteiger partial charge in [0.25, 0.3) is 11.8 Å². The molecule has 0 aromatic carbocycles. The SMILES string of the molecule is O=C(NC1CC2(CN(C(=O)c3cccs3)C2)n2ccnc21)c1ccnc(F)c1. The van der Waals surface area contributed by atoms with E-state index in [1.54, 1.807) is 6.20 Å². The highest BCUT2D eigenvalue weighted by molar-refractivity contribution is 7.12. The molecule has 3 aromatic rings. The molecule has 9 heteroatoms. The molecule has 1 saturated heterocycles. The van der Waals surface area contributed by atoms with Gasteiger partial charge in [0.15, 0.2) is 0 Å². The second kappa shape index (κ2) is 6.23. The Morgan fingerprint density at radius 1 is 1.25 bits per heavy atom. The van der Waals surface area contributed by atoms with E-state index < -0.39 is 5.95 Å². The van der Waals surface area contributed by atoms with Gasteiger partial charge in [-0.15, -0.1) is 11.3 Å². The zero-order chi connectivity index (χ0) is 19.3.